The largest absolute Gasteiger partial charge is 0.462 e. The molecule has 174 valence electrons. The van der Waals surface area contributed by atoms with Gasteiger partial charge in [0.2, 0.25) is 0 Å². The van der Waals surface area contributed by atoms with E-state index in [9.17, 15) is 9.59 Å². The second kappa shape index (κ2) is 11.6. The molecule has 0 unspecified atom stereocenters. The Hall–Kier alpha value is -4.20. The Kier molecular flexibility index (Phi) is 7.84. The van der Waals surface area contributed by atoms with Crippen molar-refractivity contribution in [1.29, 1.82) is 0 Å². The molecule has 4 aromatic heterocycles. The van der Waals surface area contributed by atoms with Crippen molar-refractivity contribution in [3.8, 4) is 11.4 Å². The van der Waals surface area contributed by atoms with Crippen LogP contribution in [0.1, 0.15) is 44.9 Å². The summed E-state index contributed by atoms with van der Waals surface area (Å²) in [5.41, 5.74) is 3.91. The number of nitrogens with zero attached hydrogens (tertiary/aromatic N) is 2. The Labute approximate surface area is 197 Å². The van der Waals surface area contributed by atoms with Gasteiger partial charge in [0.05, 0.1) is 35.7 Å². The number of H-pyrrole nitrogens is 2. The first kappa shape index (κ1) is 23.0. The smallest absolute Gasteiger partial charge is 0.338 e. The van der Waals surface area contributed by atoms with Gasteiger partial charge in [-0.2, -0.15) is 0 Å². The molecule has 0 amide bonds. The molecule has 0 fully saturated rings. The molecule has 0 aliphatic rings. The molecular weight excluding hydrogens is 432 g/mol. The normalized spacial score (nSPS) is 10.7. The van der Waals surface area contributed by atoms with E-state index in [-0.39, 0.29) is 0 Å². The average Bonchev–Trinajstić information content (AvgIpc) is 3.59. The maximum absolute atomic E-state index is 12.4. The molecule has 0 radical (unpaired) electrons. The number of aromatic nitrogens is 4. The molecule has 0 atom stereocenters. The van der Waals surface area contributed by atoms with Crippen molar-refractivity contribution < 1.29 is 19.1 Å². The highest BCUT2D eigenvalue weighted by atomic mass is 16.5. The Morgan fingerprint density at radius 2 is 1.18 bits per heavy atom. The number of aromatic amines is 2. The molecule has 4 aromatic rings. The van der Waals surface area contributed by atoms with Crippen LogP contribution in [-0.2, 0) is 22.3 Å². The summed E-state index contributed by atoms with van der Waals surface area (Å²) >= 11 is 0. The molecule has 0 aliphatic heterocycles. The zero-order valence-electron chi connectivity index (χ0n) is 18.7. The summed E-state index contributed by atoms with van der Waals surface area (Å²) in [7, 11) is 0. The number of rotatable bonds is 11. The van der Waals surface area contributed by atoms with Crippen molar-refractivity contribution in [2.75, 3.05) is 13.2 Å². The maximum atomic E-state index is 12.4. The van der Waals surface area contributed by atoms with Crippen LogP contribution in [0.2, 0.25) is 0 Å². The Balaban J connectivity index is 1.31. The minimum absolute atomic E-state index is 0.318. The lowest BCUT2D eigenvalue weighted by atomic mass is 10.1. The molecule has 34 heavy (non-hydrogen) atoms. The van der Waals surface area contributed by atoms with E-state index in [0.29, 0.717) is 35.7 Å². The maximum Gasteiger partial charge on any atom is 0.338 e. The zero-order valence-corrected chi connectivity index (χ0v) is 18.7. The van der Waals surface area contributed by atoms with Crippen LogP contribution >= 0.6 is 0 Å². The lowest BCUT2D eigenvalue weighted by Gasteiger charge is -2.08. The van der Waals surface area contributed by atoms with E-state index >= 15 is 0 Å². The number of hydrogen-bond acceptors (Lipinski definition) is 6. The first-order valence-electron chi connectivity index (χ1n) is 11.2. The summed E-state index contributed by atoms with van der Waals surface area (Å²) in [4.78, 5) is 39.7. The van der Waals surface area contributed by atoms with Crippen LogP contribution in [0.5, 0.6) is 0 Å². The number of esters is 2. The van der Waals surface area contributed by atoms with Gasteiger partial charge in [-0.3, -0.25) is 9.97 Å². The van der Waals surface area contributed by atoms with Crippen molar-refractivity contribution in [3.63, 3.8) is 0 Å². The SMILES string of the molecule is O=C(OCCCc1ccc[nH]1)c1ccnc(-c2cc(C(=O)OCCCc3ccc[nH]3)ccn2)c1. The van der Waals surface area contributed by atoms with Crippen molar-refractivity contribution in [2.24, 2.45) is 0 Å². The fourth-order valence-electron chi connectivity index (χ4n) is 3.46. The number of aryl methyl sites for hydroxylation is 2. The third-order valence-electron chi connectivity index (χ3n) is 5.23. The quantitative estimate of drug-likeness (QED) is 0.255. The third-order valence-corrected chi connectivity index (χ3v) is 5.23. The van der Waals surface area contributed by atoms with Crippen LogP contribution in [0.3, 0.4) is 0 Å². The van der Waals surface area contributed by atoms with Gasteiger partial charge in [0.15, 0.2) is 0 Å². The lowest BCUT2D eigenvalue weighted by Crippen LogP contribution is -2.09. The van der Waals surface area contributed by atoms with Gasteiger partial charge >= 0.3 is 11.9 Å². The van der Waals surface area contributed by atoms with E-state index < -0.39 is 11.9 Å². The molecule has 0 aromatic carbocycles. The number of pyridine rings is 2. The monoisotopic (exact) mass is 458 g/mol. The predicted octanol–water partition coefficient (Wildman–Crippen LogP) is 4.38. The molecule has 0 spiro atoms. The molecule has 0 bridgehead atoms. The fraction of sp³-hybridized carbons (Fsp3) is 0.231. The molecule has 8 nitrogen and oxygen atoms in total. The van der Waals surface area contributed by atoms with Gasteiger partial charge in [-0.25, -0.2) is 9.59 Å². The van der Waals surface area contributed by atoms with Gasteiger partial charge in [-0.15, -0.1) is 0 Å². The summed E-state index contributed by atoms with van der Waals surface area (Å²) < 4.78 is 10.8. The van der Waals surface area contributed by atoms with Gasteiger partial charge in [0.1, 0.15) is 0 Å². The number of hydrogen-bond donors (Lipinski definition) is 2. The van der Waals surface area contributed by atoms with E-state index in [1.54, 1.807) is 24.3 Å². The molecular formula is C26H26N4O4. The Morgan fingerprint density at radius 1 is 0.706 bits per heavy atom. The zero-order chi connectivity index (χ0) is 23.6. The van der Waals surface area contributed by atoms with Gasteiger partial charge in [0.25, 0.3) is 0 Å². The topological polar surface area (TPSA) is 110 Å². The second-order valence-electron chi connectivity index (χ2n) is 7.73. The van der Waals surface area contributed by atoms with Crippen LogP contribution in [0, 0.1) is 0 Å². The van der Waals surface area contributed by atoms with Crippen molar-refractivity contribution >= 4 is 11.9 Å². The van der Waals surface area contributed by atoms with Crippen molar-refractivity contribution in [1.82, 2.24) is 19.9 Å². The first-order valence-corrected chi connectivity index (χ1v) is 11.2. The highest BCUT2D eigenvalue weighted by molar-refractivity contribution is 5.92. The minimum atomic E-state index is -0.423. The fourth-order valence-corrected chi connectivity index (χ4v) is 3.46. The Bertz CT molecular complexity index is 1110. The van der Waals surface area contributed by atoms with E-state index in [4.69, 9.17) is 9.47 Å². The first-order chi connectivity index (χ1) is 16.7. The number of nitrogens with one attached hydrogen (secondary N) is 2. The van der Waals surface area contributed by atoms with E-state index in [1.165, 1.54) is 12.4 Å². The molecule has 4 rings (SSSR count). The summed E-state index contributed by atoms with van der Waals surface area (Å²) in [6.07, 6.45) is 9.85. The molecule has 0 saturated carbocycles. The molecule has 8 heteroatoms. The number of ether oxygens (including phenoxy) is 2. The van der Waals surface area contributed by atoms with Crippen LogP contribution in [0.15, 0.2) is 73.3 Å². The van der Waals surface area contributed by atoms with E-state index in [2.05, 4.69) is 19.9 Å². The third kappa shape index (κ3) is 6.41. The van der Waals surface area contributed by atoms with Crippen LogP contribution in [0.25, 0.3) is 11.4 Å². The summed E-state index contributed by atoms with van der Waals surface area (Å²) in [5, 5.41) is 0. The van der Waals surface area contributed by atoms with Crippen LogP contribution < -0.4 is 0 Å². The molecule has 0 aliphatic carbocycles. The van der Waals surface area contributed by atoms with E-state index in [0.717, 1.165) is 37.1 Å². The van der Waals surface area contributed by atoms with Crippen LogP contribution in [-0.4, -0.2) is 45.1 Å². The lowest BCUT2D eigenvalue weighted by molar-refractivity contribution is 0.0491. The molecule has 0 saturated heterocycles. The molecule has 2 N–H and O–H groups in total. The minimum Gasteiger partial charge on any atom is -0.462 e. The summed E-state index contributed by atoms with van der Waals surface area (Å²) in [5.74, 6) is -0.847. The van der Waals surface area contributed by atoms with Gasteiger partial charge < -0.3 is 19.4 Å². The standard InChI is InChI=1S/C26H26N4O4/c31-25(33-15-3-7-21-5-1-11-27-21)19-9-13-29-23(17-19)24-18-20(10-14-30-24)26(32)34-16-4-8-22-6-2-12-28-22/h1-2,5-6,9-14,17-18,27-28H,3-4,7-8,15-16H2. The van der Waals surface area contributed by atoms with Gasteiger partial charge in [0, 0.05) is 36.2 Å². The average molecular weight is 459 g/mol. The number of carbonyl (C=O) groups excluding carboxylic acids is 2. The number of carbonyl (C=O) groups is 2. The second-order valence-corrected chi connectivity index (χ2v) is 7.73. The summed E-state index contributed by atoms with van der Waals surface area (Å²) in [6, 6.07) is 14.3. The Morgan fingerprint density at radius 3 is 1.59 bits per heavy atom. The highest BCUT2D eigenvalue weighted by Crippen LogP contribution is 2.18. The van der Waals surface area contributed by atoms with Crippen molar-refractivity contribution in [3.05, 3.63) is 95.8 Å². The molecule has 4 heterocycles. The predicted molar refractivity (Wildman–Crippen MR) is 126 cm³/mol. The summed E-state index contributed by atoms with van der Waals surface area (Å²) in [6.45, 7) is 0.637. The van der Waals surface area contributed by atoms with E-state index in [1.807, 2.05) is 36.7 Å². The van der Waals surface area contributed by atoms with Gasteiger partial charge in [-0.05, 0) is 74.2 Å². The van der Waals surface area contributed by atoms with Crippen molar-refractivity contribution in [2.45, 2.75) is 25.7 Å². The highest BCUT2D eigenvalue weighted by Gasteiger charge is 2.13. The van der Waals surface area contributed by atoms with Gasteiger partial charge in [-0.1, -0.05) is 0 Å². The van der Waals surface area contributed by atoms with Crippen LogP contribution in [0.4, 0.5) is 0 Å².